The molecule has 0 aromatic carbocycles. The van der Waals surface area contributed by atoms with Gasteiger partial charge < -0.3 is 15.9 Å². The highest BCUT2D eigenvalue weighted by atomic mass is 16.3. The van der Waals surface area contributed by atoms with Crippen molar-refractivity contribution in [3.8, 4) is 0 Å². The third kappa shape index (κ3) is 2.91. The van der Waals surface area contributed by atoms with Gasteiger partial charge in [0.15, 0.2) is 0 Å². The van der Waals surface area contributed by atoms with E-state index in [9.17, 15) is 4.79 Å². The zero-order valence-corrected chi connectivity index (χ0v) is 7.23. The molecule has 1 aliphatic carbocycles. The predicted octanol–water partition coefficient (Wildman–Crippen LogP) is 0.385. The molecule has 0 aromatic rings. The first-order valence-electron chi connectivity index (χ1n) is 4.15. The molecule has 1 rings (SSSR count). The largest absolute Gasteiger partial charge is 0.510 e. The van der Waals surface area contributed by atoms with Gasteiger partial charge in [-0.1, -0.05) is 6.08 Å². The summed E-state index contributed by atoms with van der Waals surface area (Å²) in [5.41, 5.74) is 5.82. The van der Waals surface area contributed by atoms with Gasteiger partial charge in [-0.15, -0.1) is 0 Å². The van der Waals surface area contributed by atoms with E-state index in [2.05, 4.69) is 0 Å². The Balaban J connectivity index is 2.49. The van der Waals surface area contributed by atoms with Crippen LogP contribution in [0.15, 0.2) is 23.5 Å². The summed E-state index contributed by atoms with van der Waals surface area (Å²) in [7, 11) is 0. The van der Waals surface area contributed by atoms with Crippen molar-refractivity contribution in [3.63, 3.8) is 0 Å². The van der Waals surface area contributed by atoms with Gasteiger partial charge in [0.25, 0.3) is 0 Å². The van der Waals surface area contributed by atoms with Crippen molar-refractivity contribution >= 4 is 5.91 Å². The van der Waals surface area contributed by atoms with Crippen LogP contribution in [-0.4, -0.2) is 22.2 Å². The van der Waals surface area contributed by atoms with Crippen LogP contribution in [0.2, 0.25) is 0 Å². The monoisotopic (exact) mass is 183 g/mol. The van der Waals surface area contributed by atoms with Crippen LogP contribution in [-0.2, 0) is 4.79 Å². The molecule has 0 bridgehead atoms. The summed E-state index contributed by atoms with van der Waals surface area (Å²) in [4.78, 5) is 10.5. The Morgan fingerprint density at radius 3 is 2.92 bits per heavy atom. The number of aliphatic hydroxyl groups excluding tert-OH is 2. The normalized spacial score (nSPS) is 22.1. The van der Waals surface area contributed by atoms with Gasteiger partial charge in [-0.2, -0.15) is 0 Å². The lowest BCUT2D eigenvalue weighted by Crippen LogP contribution is -2.14. The van der Waals surface area contributed by atoms with E-state index >= 15 is 0 Å². The zero-order valence-electron chi connectivity index (χ0n) is 7.23. The first kappa shape index (κ1) is 9.80. The summed E-state index contributed by atoms with van der Waals surface area (Å²) >= 11 is 0. The highest BCUT2D eigenvalue weighted by Crippen LogP contribution is 2.19. The van der Waals surface area contributed by atoms with Crippen LogP contribution in [0.5, 0.6) is 0 Å². The van der Waals surface area contributed by atoms with Gasteiger partial charge in [-0.05, 0) is 24.5 Å². The Morgan fingerprint density at radius 2 is 2.38 bits per heavy atom. The van der Waals surface area contributed by atoms with E-state index in [1.165, 1.54) is 6.08 Å². The van der Waals surface area contributed by atoms with Gasteiger partial charge in [0.05, 0.1) is 0 Å². The van der Waals surface area contributed by atoms with Crippen molar-refractivity contribution < 1.29 is 15.0 Å². The van der Waals surface area contributed by atoms with Crippen LogP contribution in [0.25, 0.3) is 0 Å². The number of amides is 1. The van der Waals surface area contributed by atoms with Crippen molar-refractivity contribution in [1.29, 1.82) is 0 Å². The first-order valence-corrected chi connectivity index (χ1v) is 4.15. The minimum Gasteiger partial charge on any atom is -0.510 e. The third-order valence-electron chi connectivity index (χ3n) is 1.94. The SMILES string of the molecule is NC(=O)CCC1=CCC(O)C(O)=C1. The third-order valence-corrected chi connectivity index (χ3v) is 1.94. The summed E-state index contributed by atoms with van der Waals surface area (Å²) in [6, 6.07) is 0. The molecule has 4 heteroatoms. The molecule has 0 spiro atoms. The molecule has 1 atom stereocenters. The van der Waals surface area contributed by atoms with E-state index in [1.54, 1.807) is 6.08 Å². The number of aliphatic hydroxyl groups is 2. The second kappa shape index (κ2) is 4.09. The summed E-state index contributed by atoms with van der Waals surface area (Å²) in [6.45, 7) is 0. The molecule has 0 saturated carbocycles. The first-order chi connectivity index (χ1) is 6.09. The number of primary amides is 1. The van der Waals surface area contributed by atoms with Crippen molar-refractivity contribution in [3.05, 3.63) is 23.5 Å². The number of nitrogens with two attached hydrogens (primary N) is 1. The maximum Gasteiger partial charge on any atom is 0.217 e. The number of carbonyl (C=O) groups excluding carboxylic acids is 1. The summed E-state index contributed by atoms with van der Waals surface area (Å²) < 4.78 is 0. The van der Waals surface area contributed by atoms with Gasteiger partial charge in [0.2, 0.25) is 5.91 Å². The van der Waals surface area contributed by atoms with Gasteiger partial charge in [-0.25, -0.2) is 0 Å². The number of carbonyl (C=O) groups is 1. The van der Waals surface area contributed by atoms with E-state index < -0.39 is 6.10 Å². The minimum atomic E-state index is -0.794. The summed E-state index contributed by atoms with van der Waals surface area (Å²) in [5.74, 6) is -0.401. The van der Waals surface area contributed by atoms with E-state index in [0.29, 0.717) is 12.8 Å². The molecule has 0 radical (unpaired) electrons. The smallest absolute Gasteiger partial charge is 0.217 e. The average molecular weight is 183 g/mol. The van der Waals surface area contributed by atoms with Gasteiger partial charge in [-0.3, -0.25) is 4.79 Å². The van der Waals surface area contributed by atoms with Crippen LogP contribution in [0.3, 0.4) is 0 Å². The molecule has 4 N–H and O–H groups in total. The number of hydrogen-bond donors (Lipinski definition) is 3. The van der Waals surface area contributed by atoms with Crippen LogP contribution in [0.4, 0.5) is 0 Å². The fourth-order valence-corrected chi connectivity index (χ4v) is 1.17. The maximum atomic E-state index is 10.5. The molecule has 0 saturated heterocycles. The Kier molecular flexibility index (Phi) is 3.08. The van der Waals surface area contributed by atoms with E-state index in [0.717, 1.165) is 5.57 Å². The second-order valence-electron chi connectivity index (χ2n) is 3.07. The summed E-state index contributed by atoms with van der Waals surface area (Å²) in [6.07, 6.45) is 3.68. The van der Waals surface area contributed by atoms with Gasteiger partial charge in [0, 0.05) is 6.42 Å². The predicted molar refractivity (Wildman–Crippen MR) is 47.8 cm³/mol. The van der Waals surface area contributed by atoms with Crippen LogP contribution in [0.1, 0.15) is 19.3 Å². The quantitative estimate of drug-likeness (QED) is 0.591. The highest BCUT2D eigenvalue weighted by Gasteiger charge is 2.13. The topological polar surface area (TPSA) is 83.6 Å². The van der Waals surface area contributed by atoms with Crippen molar-refractivity contribution in [2.75, 3.05) is 0 Å². The molecule has 1 aliphatic rings. The number of rotatable bonds is 3. The van der Waals surface area contributed by atoms with Gasteiger partial charge >= 0.3 is 0 Å². The van der Waals surface area contributed by atoms with Crippen molar-refractivity contribution in [2.45, 2.75) is 25.4 Å². The maximum absolute atomic E-state index is 10.5. The standard InChI is InChI=1S/C9H13NO3/c10-9(13)4-2-6-1-3-7(11)8(12)5-6/h1,5,7,11-12H,2-4H2,(H2,10,13). The molecular weight excluding hydrogens is 170 g/mol. The van der Waals surface area contributed by atoms with Crippen LogP contribution >= 0.6 is 0 Å². The van der Waals surface area contributed by atoms with Gasteiger partial charge in [0.1, 0.15) is 11.9 Å². The lowest BCUT2D eigenvalue weighted by atomic mass is 10.00. The van der Waals surface area contributed by atoms with Crippen LogP contribution < -0.4 is 5.73 Å². The fraction of sp³-hybridized carbons (Fsp3) is 0.444. The van der Waals surface area contributed by atoms with Crippen molar-refractivity contribution in [2.24, 2.45) is 5.73 Å². The summed E-state index contributed by atoms with van der Waals surface area (Å²) in [5, 5.41) is 18.3. The molecule has 0 aliphatic heterocycles. The Hall–Kier alpha value is -1.29. The molecule has 72 valence electrons. The lowest BCUT2D eigenvalue weighted by Gasteiger charge is -2.14. The van der Waals surface area contributed by atoms with E-state index in [-0.39, 0.29) is 18.1 Å². The molecule has 0 fully saturated rings. The zero-order chi connectivity index (χ0) is 9.84. The Labute approximate surface area is 76.4 Å². The number of hydrogen-bond acceptors (Lipinski definition) is 3. The minimum absolute atomic E-state index is 0.0398. The Bertz CT molecular complexity index is 268. The van der Waals surface area contributed by atoms with E-state index in [4.69, 9.17) is 15.9 Å². The molecule has 13 heavy (non-hydrogen) atoms. The lowest BCUT2D eigenvalue weighted by molar-refractivity contribution is -0.117. The molecule has 0 aromatic heterocycles. The highest BCUT2D eigenvalue weighted by molar-refractivity contribution is 5.74. The van der Waals surface area contributed by atoms with Crippen molar-refractivity contribution in [1.82, 2.24) is 0 Å². The average Bonchev–Trinajstić information content (AvgIpc) is 2.07. The molecule has 0 heterocycles. The second-order valence-corrected chi connectivity index (χ2v) is 3.07. The van der Waals surface area contributed by atoms with Crippen LogP contribution in [0, 0.1) is 0 Å². The molecule has 1 unspecified atom stereocenters. The number of allylic oxidation sites excluding steroid dienone is 2. The van der Waals surface area contributed by atoms with E-state index in [1.807, 2.05) is 0 Å². The molecule has 1 amide bonds. The fourth-order valence-electron chi connectivity index (χ4n) is 1.17. The Morgan fingerprint density at radius 1 is 1.69 bits per heavy atom. The molecule has 4 nitrogen and oxygen atoms in total. The molecular formula is C9H13NO3.